The van der Waals surface area contributed by atoms with Crippen molar-refractivity contribution in [2.75, 3.05) is 26.2 Å². The molecule has 0 bridgehead atoms. The van der Waals surface area contributed by atoms with E-state index in [2.05, 4.69) is 79.8 Å². The molecule has 0 spiro atoms. The molecule has 1 unspecified atom stereocenters. The molecule has 3 heterocycles. The standard InChI is InChI=1S/C29H36BrN5O2/c1-21-19-24(30)20-32-26(21)27(34-15-17-35(18-16-34)28(36)37-29(3,4)5)25-11-7-6-9-23(25)10-8-13-33-14-12-31-22(33)2/h6-12,14,19-20,27H,13,15-18H2,1-5H3/b10-8+. The summed E-state index contributed by atoms with van der Waals surface area (Å²) in [5.41, 5.74) is 4.01. The van der Waals surface area contributed by atoms with E-state index in [0.29, 0.717) is 13.1 Å². The number of nitrogens with zero attached hydrogens (tertiary/aromatic N) is 5. The molecule has 1 amide bonds. The molecule has 0 radical (unpaired) electrons. The zero-order valence-electron chi connectivity index (χ0n) is 22.3. The molecule has 1 aliphatic rings. The first-order valence-corrected chi connectivity index (χ1v) is 13.5. The topological polar surface area (TPSA) is 63.5 Å². The van der Waals surface area contributed by atoms with Gasteiger partial charge in [0.05, 0.1) is 11.7 Å². The monoisotopic (exact) mass is 565 g/mol. The summed E-state index contributed by atoms with van der Waals surface area (Å²) in [6.07, 6.45) is 9.80. The lowest BCUT2D eigenvalue weighted by molar-refractivity contribution is 0.0117. The Morgan fingerprint density at radius 2 is 1.86 bits per heavy atom. The molecule has 1 aromatic carbocycles. The second-order valence-corrected chi connectivity index (χ2v) is 11.3. The Morgan fingerprint density at radius 1 is 1.14 bits per heavy atom. The first kappa shape index (κ1) is 27.1. The van der Waals surface area contributed by atoms with Crippen LogP contribution in [0.3, 0.4) is 0 Å². The second-order valence-electron chi connectivity index (χ2n) is 10.4. The van der Waals surface area contributed by atoms with E-state index in [9.17, 15) is 4.79 Å². The van der Waals surface area contributed by atoms with Crippen LogP contribution in [0.15, 0.2) is 59.5 Å². The fourth-order valence-corrected chi connectivity index (χ4v) is 5.09. The van der Waals surface area contributed by atoms with Crippen LogP contribution in [-0.4, -0.2) is 62.2 Å². The zero-order valence-corrected chi connectivity index (χ0v) is 23.9. The summed E-state index contributed by atoms with van der Waals surface area (Å²) in [6.45, 7) is 13.3. The third kappa shape index (κ3) is 6.87. The van der Waals surface area contributed by atoms with Crippen LogP contribution in [0.1, 0.15) is 55.0 Å². The third-order valence-corrected chi connectivity index (χ3v) is 6.92. The first-order valence-electron chi connectivity index (χ1n) is 12.7. The van der Waals surface area contributed by atoms with Gasteiger partial charge in [-0.25, -0.2) is 9.78 Å². The van der Waals surface area contributed by atoms with Crippen LogP contribution in [0.4, 0.5) is 4.79 Å². The summed E-state index contributed by atoms with van der Waals surface area (Å²) in [5.74, 6) is 0.994. The number of carbonyl (C=O) groups excluding carboxylic acids is 1. The maximum absolute atomic E-state index is 12.7. The van der Waals surface area contributed by atoms with Gasteiger partial charge in [-0.1, -0.05) is 36.4 Å². The number of rotatable bonds is 6. The lowest BCUT2D eigenvalue weighted by atomic mass is 9.93. The highest BCUT2D eigenvalue weighted by atomic mass is 79.9. The van der Waals surface area contributed by atoms with Gasteiger partial charge in [0.2, 0.25) is 0 Å². The van der Waals surface area contributed by atoms with Gasteiger partial charge in [-0.15, -0.1) is 0 Å². The number of imidazole rings is 1. The van der Waals surface area contributed by atoms with Crippen molar-refractivity contribution in [3.05, 3.63) is 87.7 Å². The molecule has 7 nitrogen and oxygen atoms in total. The van der Waals surface area contributed by atoms with Crippen molar-refractivity contribution in [3.8, 4) is 0 Å². The molecular formula is C29H36BrN5O2. The lowest BCUT2D eigenvalue weighted by Crippen LogP contribution is -2.51. The molecular weight excluding hydrogens is 530 g/mol. The van der Waals surface area contributed by atoms with E-state index in [4.69, 9.17) is 9.72 Å². The Hall–Kier alpha value is -2.97. The largest absolute Gasteiger partial charge is 0.444 e. The molecule has 8 heteroatoms. The van der Waals surface area contributed by atoms with E-state index in [-0.39, 0.29) is 12.1 Å². The zero-order chi connectivity index (χ0) is 26.6. The van der Waals surface area contributed by atoms with E-state index in [1.807, 2.05) is 46.3 Å². The smallest absolute Gasteiger partial charge is 0.410 e. The Labute approximate surface area is 228 Å². The average Bonchev–Trinajstić information content (AvgIpc) is 3.25. The van der Waals surface area contributed by atoms with Crippen LogP contribution in [0.5, 0.6) is 0 Å². The van der Waals surface area contributed by atoms with Crippen molar-refractivity contribution in [2.24, 2.45) is 0 Å². The van der Waals surface area contributed by atoms with Crippen LogP contribution in [0.2, 0.25) is 0 Å². The number of pyridine rings is 1. The molecule has 1 saturated heterocycles. The van der Waals surface area contributed by atoms with Crippen LogP contribution in [-0.2, 0) is 11.3 Å². The average molecular weight is 567 g/mol. The number of allylic oxidation sites excluding steroid dienone is 1. The molecule has 4 rings (SSSR count). The predicted molar refractivity (Wildman–Crippen MR) is 150 cm³/mol. The number of ether oxygens (including phenoxy) is 1. The summed E-state index contributed by atoms with van der Waals surface area (Å²) in [6, 6.07) is 10.6. The molecule has 196 valence electrons. The molecule has 1 fully saturated rings. The van der Waals surface area contributed by atoms with Gasteiger partial charge < -0.3 is 14.2 Å². The van der Waals surface area contributed by atoms with Crippen LogP contribution < -0.4 is 0 Å². The minimum atomic E-state index is -0.504. The molecule has 37 heavy (non-hydrogen) atoms. The van der Waals surface area contributed by atoms with Gasteiger partial charge in [0, 0.05) is 55.8 Å². The van der Waals surface area contributed by atoms with Gasteiger partial charge in [-0.2, -0.15) is 0 Å². The number of piperazine rings is 1. The maximum atomic E-state index is 12.7. The fraction of sp³-hybridized carbons (Fsp3) is 0.414. The van der Waals surface area contributed by atoms with Crippen LogP contribution in [0.25, 0.3) is 6.08 Å². The van der Waals surface area contributed by atoms with Gasteiger partial charge in [0.1, 0.15) is 11.4 Å². The highest BCUT2D eigenvalue weighted by molar-refractivity contribution is 9.10. The number of aromatic nitrogens is 3. The molecule has 1 aliphatic heterocycles. The normalized spacial score (nSPS) is 15.8. The molecule has 0 aliphatic carbocycles. The quantitative estimate of drug-likeness (QED) is 0.366. The van der Waals surface area contributed by atoms with Gasteiger partial charge in [0.15, 0.2) is 0 Å². The van der Waals surface area contributed by atoms with Crippen molar-refractivity contribution in [3.63, 3.8) is 0 Å². The Bertz CT molecular complexity index is 1260. The van der Waals surface area contributed by atoms with Crippen molar-refractivity contribution in [1.82, 2.24) is 24.3 Å². The minimum absolute atomic E-state index is 0.0373. The number of hydrogen-bond donors (Lipinski definition) is 0. The molecule has 2 aromatic heterocycles. The van der Waals surface area contributed by atoms with Crippen molar-refractivity contribution < 1.29 is 9.53 Å². The highest BCUT2D eigenvalue weighted by Gasteiger charge is 2.32. The summed E-state index contributed by atoms with van der Waals surface area (Å²) >= 11 is 3.57. The van der Waals surface area contributed by atoms with E-state index in [0.717, 1.165) is 46.8 Å². The number of amides is 1. The van der Waals surface area contributed by atoms with E-state index in [1.165, 1.54) is 5.56 Å². The van der Waals surface area contributed by atoms with Crippen LogP contribution >= 0.6 is 15.9 Å². The van der Waals surface area contributed by atoms with Gasteiger partial charge in [-0.05, 0) is 73.3 Å². The molecule has 3 aromatic rings. The fourth-order valence-electron chi connectivity index (χ4n) is 4.65. The minimum Gasteiger partial charge on any atom is -0.444 e. The maximum Gasteiger partial charge on any atom is 0.410 e. The van der Waals surface area contributed by atoms with Gasteiger partial charge in [0.25, 0.3) is 0 Å². The summed E-state index contributed by atoms with van der Waals surface area (Å²) in [5, 5.41) is 0. The third-order valence-electron chi connectivity index (χ3n) is 6.49. The Kier molecular flexibility index (Phi) is 8.49. The number of aryl methyl sites for hydroxylation is 2. The van der Waals surface area contributed by atoms with Crippen molar-refractivity contribution in [1.29, 1.82) is 0 Å². The summed E-state index contributed by atoms with van der Waals surface area (Å²) in [7, 11) is 0. The predicted octanol–water partition coefficient (Wildman–Crippen LogP) is 6.01. The lowest BCUT2D eigenvalue weighted by Gasteiger charge is -2.40. The number of benzene rings is 1. The Morgan fingerprint density at radius 3 is 2.51 bits per heavy atom. The first-order chi connectivity index (χ1) is 17.6. The summed E-state index contributed by atoms with van der Waals surface area (Å²) in [4.78, 5) is 26.1. The van der Waals surface area contributed by atoms with Gasteiger partial charge >= 0.3 is 6.09 Å². The SMILES string of the molecule is Cc1cc(Br)cnc1C(c1ccccc1/C=C/Cn1ccnc1C)N1CCN(C(=O)OC(C)(C)C)CC1. The van der Waals surface area contributed by atoms with E-state index < -0.39 is 5.60 Å². The molecule has 1 atom stereocenters. The van der Waals surface area contributed by atoms with Crippen molar-refractivity contribution >= 4 is 28.1 Å². The molecule has 0 saturated carbocycles. The summed E-state index contributed by atoms with van der Waals surface area (Å²) < 4.78 is 8.69. The van der Waals surface area contributed by atoms with Gasteiger partial charge in [-0.3, -0.25) is 9.88 Å². The number of hydrogen-bond acceptors (Lipinski definition) is 5. The Balaban J connectivity index is 1.62. The highest BCUT2D eigenvalue weighted by Crippen LogP contribution is 2.34. The van der Waals surface area contributed by atoms with E-state index >= 15 is 0 Å². The number of carbonyl (C=O) groups is 1. The van der Waals surface area contributed by atoms with E-state index in [1.54, 1.807) is 4.90 Å². The number of halogens is 1. The van der Waals surface area contributed by atoms with Crippen molar-refractivity contribution in [2.45, 2.75) is 52.8 Å². The molecule has 0 N–H and O–H groups in total. The second kappa shape index (κ2) is 11.6. The van der Waals surface area contributed by atoms with Crippen LogP contribution in [0, 0.1) is 13.8 Å².